The van der Waals surface area contributed by atoms with Gasteiger partial charge in [0.2, 0.25) is 0 Å². The fourth-order valence-electron chi connectivity index (χ4n) is 1.70. The molecule has 0 spiro atoms. The van der Waals surface area contributed by atoms with Gasteiger partial charge in [0.1, 0.15) is 12.1 Å². The lowest BCUT2D eigenvalue weighted by Crippen LogP contribution is -2.39. The number of hydrogen-bond donors (Lipinski definition) is 2. The molecule has 0 amide bonds. The first-order valence-electron chi connectivity index (χ1n) is 7.77. The van der Waals surface area contributed by atoms with Crippen LogP contribution in [0.1, 0.15) is 38.4 Å². The number of thiazole rings is 1. The van der Waals surface area contributed by atoms with Crippen molar-refractivity contribution < 1.29 is 22.7 Å². The zero-order valence-electron chi connectivity index (χ0n) is 15.1. The number of aromatic nitrogens is 1. The number of rotatable bonds is 6. The van der Waals surface area contributed by atoms with E-state index in [4.69, 9.17) is 4.74 Å². The molecular formula is C15H24F3IN4O2S. The summed E-state index contributed by atoms with van der Waals surface area (Å²) >= 11 is 0.961. The van der Waals surface area contributed by atoms with Gasteiger partial charge >= 0.3 is 12.1 Å². The molecule has 0 saturated carbocycles. The van der Waals surface area contributed by atoms with Crippen molar-refractivity contribution >= 4 is 47.2 Å². The second-order valence-corrected chi connectivity index (χ2v) is 7.03. The van der Waals surface area contributed by atoms with Gasteiger partial charge in [0.25, 0.3) is 0 Å². The molecule has 0 fully saturated rings. The molecule has 0 bridgehead atoms. The predicted molar refractivity (Wildman–Crippen MR) is 106 cm³/mol. The van der Waals surface area contributed by atoms with Gasteiger partial charge in [-0.25, -0.2) is 9.98 Å². The second kappa shape index (κ2) is 10.9. The fraction of sp³-hybridized carbons (Fsp3) is 0.667. The van der Waals surface area contributed by atoms with Crippen LogP contribution in [0.2, 0.25) is 0 Å². The van der Waals surface area contributed by atoms with Crippen molar-refractivity contribution in [1.82, 2.24) is 15.6 Å². The zero-order chi connectivity index (χ0) is 19.1. The van der Waals surface area contributed by atoms with Gasteiger partial charge in [-0.2, -0.15) is 13.2 Å². The Morgan fingerprint density at radius 3 is 2.46 bits per heavy atom. The van der Waals surface area contributed by atoms with Gasteiger partial charge in [0.05, 0.1) is 5.01 Å². The van der Waals surface area contributed by atoms with Crippen LogP contribution < -0.4 is 10.6 Å². The van der Waals surface area contributed by atoms with E-state index in [-0.39, 0.29) is 30.5 Å². The van der Waals surface area contributed by atoms with Gasteiger partial charge in [-0.15, -0.1) is 35.3 Å². The Morgan fingerprint density at radius 1 is 1.31 bits per heavy atom. The highest BCUT2D eigenvalue weighted by Gasteiger charge is 2.33. The molecule has 1 rings (SSSR count). The maximum Gasteiger partial charge on any atom is 0.434 e. The summed E-state index contributed by atoms with van der Waals surface area (Å²) in [7, 11) is 0. The van der Waals surface area contributed by atoms with Crippen molar-refractivity contribution in [1.29, 1.82) is 0 Å². The molecule has 6 nitrogen and oxygen atoms in total. The average molecular weight is 508 g/mol. The summed E-state index contributed by atoms with van der Waals surface area (Å²) < 4.78 is 42.7. The molecule has 1 aromatic rings. The Balaban J connectivity index is 0.00000625. The Bertz CT molecular complexity index is 600. The predicted octanol–water partition coefficient (Wildman–Crippen LogP) is 3.22. The largest absolute Gasteiger partial charge is 0.459 e. The summed E-state index contributed by atoms with van der Waals surface area (Å²) in [5.74, 6) is -0.0691. The van der Waals surface area contributed by atoms with Gasteiger partial charge < -0.3 is 15.4 Å². The van der Waals surface area contributed by atoms with Crippen molar-refractivity contribution in [2.45, 2.75) is 45.9 Å². The number of esters is 1. The van der Waals surface area contributed by atoms with Crippen LogP contribution in [0.4, 0.5) is 13.2 Å². The van der Waals surface area contributed by atoms with Crippen molar-refractivity contribution in [3.63, 3.8) is 0 Å². The lowest BCUT2D eigenvalue weighted by atomic mass is 10.2. The molecule has 150 valence electrons. The number of halogens is 4. The minimum Gasteiger partial charge on any atom is -0.459 e. The van der Waals surface area contributed by atoms with E-state index in [1.807, 2.05) is 6.92 Å². The number of alkyl halides is 3. The molecule has 11 heteroatoms. The number of guanidine groups is 1. The molecule has 0 aromatic carbocycles. The van der Waals surface area contributed by atoms with E-state index in [0.717, 1.165) is 16.7 Å². The number of nitrogens with zero attached hydrogens (tertiary/aromatic N) is 2. The number of aliphatic imine (C=N–C) groups is 1. The zero-order valence-corrected chi connectivity index (χ0v) is 18.2. The summed E-state index contributed by atoms with van der Waals surface area (Å²) in [6, 6.07) is 0. The molecule has 0 aliphatic carbocycles. The van der Waals surface area contributed by atoms with Crippen LogP contribution in [-0.2, 0) is 22.1 Å². The van der Waals surface area contributed by atoms with E-state index in [9.17, 15) is 18.0 Å². The SMILES string of the molecule is CCNC(=NCC(=O)OC(C)(C)C)NCCc1nc(C(F)(F)F)cs1.I. The third kappa shape index (κ3) is 10.1. The summed E-state index contributed by atoms with van der Waals surface area (Å²) in [4.78, 5) is 19.3. The number of carbonyl (C=O) groups is 1. The smallest absolute Gasteiger partial charge is 0.434 e. The van der Waals surface area contributed by atoms with Crippen LogP contribution in [0.3, 0.4) is 0 Å². The maximum atomic E-state index is 12.5. The van der Waals surface area contributed by atoms with Crippen LogP contribution in [0.25, 0.3) is 0 Å². The first-order valence-corrected chi connectivity index (χ1v) is 8.65. The molecule has 0 atom stereocenters. The highest BCUT2D eigenvalue weighted by Crippen LogP contribution is 2.29. The van der Waals surface area contributed by atoms with Crippen LogP contribution in [0, 0.1) is 0 Å². The Labute approximate surface area is 172 Å². The van der Waals surface area contributed by atoms with E-state index in [1.54, 1.807) is 20.8 Å². The standard InChI is InChI=1S/C15H23F3N4O2S.HI/c1-5-19-13(21-8-12(23)24-14(2,3)4)20-7-6-11-22-10(9-25-11)15(16,17)18;/h9H,5-8H2,1-4H3,(H2,19,20,21);1H. The minimum atomic E-state index is -4.42. The minimum absolute atomic E-state index is 0. The van der Waals surface area contributed by atoms with Crippen LogP contribution in [0.5, 0.6) is 0 Å². The number of hydrogen-bond acceptors (Lipinski definition) is 5. The molecule has 26 heavy (non-hydrogen) atoms. The highest BCUT2D eigenvalue weighted by molar-refractivity contribution is 14.0. The van der Waals surface area contributed by atoms with Crippen LogP contribution in [0.15, 0.2) is 10.4 Å². The average Bonchev–Trinajstić information content (AvgIpc) is 2.92. The lowest BCUT2D eigenvalue weighted by molar-refractivity contribution is -0.152. The van der Waals surface area contributed by atoms with E-state index < -0.39 is 23.4 Å². The fourth-order valence-corrected chi connectivity index (χ4v) is 2.51. The summed E-state index contributed by atoms with van der Waals surface area (Å²) in [6.45, 7) is 7.92. The van der Waals surface area contributed by atoms with Crippen LogP contribution in [-0.4, -0.2) is 42.1 Å². The normalized spacial score (nSPS) is 12.3. The second-order valence-electron chi connectivity index (χ2n) is 6.08. The first-order chi connectivity index (χ1) is 11.5. The quantitative estimate of drug-likeness (QED) is 0.267. The Kier molecular flexibility index (Phi) is 10.4. The first kappa shape index (κ1) is 24.9. The van der Waals surface area contributed by atoms with Gasteiger partial charge in [0, 0.05) is 24.9 Å². The molecule has 0 radical (unpaired) electrons. The van der Waals surface area contributed by atoms with E-state index in [0.29, 0.717) is 30.5 Å². The lowest BCUT2D eigenvalue weighted by Gasteiger charge is -2.19. The summed E-state index contributed by atoms with van der Waals surface area (Å²) in [5.41, 5.74) is -1.46. The molecule has 0 unspecified atom stereocenters. The maximum absolute atomic E-state index is 12.5. The van der Waals surface area contributed by atoms with Gasteiger partial charge in [0.15, 0.2) is 11.7 Å². The molecular weight excluding hydrogens is 484 g/mol. The molecule has 1 heterocycles. The number of nitrogens with one attached hydrogen (secondary N) is 2. The third-order valence-corrected chi connectivity index (χ3v) is 3.51. The third-order valence-electron chi connectivity index (χ3n) is 2.60. The molecule has 1 aromatic heterocycles. The van der Waals surface area contributed by atoms with Gasteiger partial charge in [-0.05, 0) is 27.7 Å². The Hall–Kier alpha value is -1.11. The summed E-state index contributed by atoms with van der Waals surface area (Å²) in [5, 5.41) is 7.28. The molecule has 0 saturated heterocycles. The molecule has 2 N–H and O–H groups in total. The monoisotopic (exact) mass is 508 g/mol. The Morgan fingerprint density at radius 2 is 1.96 bits per heavy atom. The van der Waals surface area contributed by atoms with E-state index >= 15 is 0 Å². The number of ether oxygens (including phenoxy) is 1. The highest BCUT2D eigenvalue weighted by atomic mass is 127. The van der Waals surface area contributed by atoms with E-state index in [1.165, 1.54) is 0 Å². The van der Waals surface area contributed by atoms with Gasteiger partial charge in [-0.3, -0.25) is 4.79 Å². The van der Waals surface area contributed by atoms with Crippen molar-refractivity contribution in [3.8, 4) is 0 Å². The molecule has 0 aliphatic heterocycles. The van der Waals surface area contributed by atoms with Crippen LogP contribution >= 0.6 is 35.3 Å². The van der Waals surface area contributed by atoms with Crippen molar-refractivity contribution in [2.24, 2.45) is 4.99 Å². The summed E-state index contributed by atoms with van der Waals surface area (Å²) in [6.07, 6.45) is -4.11. The topological polar surface area (TPSA) is 75.6 Å². The van der Waals surface area contributed by atoms with Crippen molar-refractivity contribution in [3.05, 3.63) is 16.1 Å². The van der Waals surface area contributed by atoms with Crippen molar-refractivity contribution in [2.75, 3.05) is 19.6 Å². The molecule has 0 aliphatic rings. The van der Waals surface area contributed by atoms with Gasteiger partial charge in [-0.1, -0.05) is 0 Å². The number of carbonyl (C=O) groups excluding carboxylic acids is 1. The van der Waals surface area contributed by atoms with E-state index in [2.05, 4.69) is 20.6 Å².